The van der Waals surface area contributed by atoms with Crippen molar-refractivity contribution in [1.82, 2.24) is 4.90 Å². The van der Waals surface area contributed by atoms with E-state index in [0.29, 0.717) is 41.4 Å². The van der Waals surface area contributed by atoms with Crippen molar-refractivity contribution < 1.29 is 23.7 Å². The fourth-order valence-electron chi connectivity index (χ4n) is 6.07. The van der Waals surface area contributed by atoms with E-state index in [1.807, 2.05) is 0 Å². The van der Waals surface area contributed by atoms with Gasteiger partial charge in [-0.3, -0.25) is 4.90 Å². The lowest BCUT2D eigenvalue weighted by Gasteiger charge is -2.36. The van der Waals surface area contributed by atoms with Gasteiger partial charge in [-0.25, -0.2) is 4.79 Å². The molecule has 2 saturated heterocycles. The highest BCUT2D eigenvalue weighted by molar-refractivity contribution is 5.91. The van der Waals surface area contributed by atoms with Crippen LogP contribution in [0, 0.1) is 17.8 Å². The second kappa shape index (κ2) is 10.1. The molecule has 4 rings (SSSR count). The number of carbonyl (C=O) groups excluding carboxylic acids is 1. The third-order valence-corrected chi connectivity index (χ3v) is 7.69. The second-order valence-electron chi connectivity index (χ2n) is 9.37. The maximum Gasteiger partial charge on any atom is 0.338 e. The van der Waals surface area contributed by atoms with Gasteiger partial charge in [0.2, 0.25) is 5.75 Å². The van der Waals surface area contributed by atoms with Gasteiger partial charge < -0.3 is 18.9 Å². The summed E-state index contributed by atoms with van der Waals surface area (Å²) in [6, 6.07) is 3.88. The van der Waals surface area contributed by atoms with Gasteiger partial charge in [0, 0.05) is 18.5 Å². The highest BCUT2D eigenvalue weighted by atomic mass is 16.5. The summed E-state index contributed by atoms with van der Waals surface area (Å²) in [5, 5.41) is 0. The van der Waals surface area contributed by atoms with Gasteiger partial charge in [-0.1, -0.05) is 32.1 Å². The maximum absolute atomic E-state index is 12.8. The predicted octanol–water partition coefficient (Wildman–Crippen LogP) is 4.55. The molecule has 0 spiro atoms. The molecule has 3 fully saturated rings. The number of fused-ring (bicyclic) bond motifs is 1. The molecule has 0 bridgehead atoms. The van der Waals surface area contributed by atoms with E-state index < -0.39 is 0 Å². The number of hydrogen-bond donors (Lipinski definition) is 0. The molecule has 1 aromatic rings. The highest BCUT2D eigenvalue weighted by Crippen LogP contribution is 2.42. The van der Waals surface area contributed by atoms with E-state index in [4.69, 9.17) is 18.9 Å². The Kier molecular flexibility index (Phi) is 7.26. The molecule has 1 aromatic carbocycles. The minimum Gasteiger partial charge on any atom is -0.493 e. The van der Waals surface area contributed by atoms with Gasteiger partial charge in [-0.15, -0.1) is 0 Å². The molecule has 0 aromatic heterocycles. The Bertz CT molecular complexity index is 735. The van der Waals surface area contributed by atoms with E-state index in [-0.39, 0.29) is 5.97 Å². The first-order valence-electron chi connectivity index (χ1n) is 11.9. The normalized spacial score (nSPS) is 26.9. The van der Waals surface area contributed by atoms with Crippen molar-refractivity contribution in [3.63, 3.8) is 0 Å². The molecule has 0 amide bonds. The molecule has 0 unspecified atom stereocenters. The van der Waals surface area contributed by atoms with Crippen molar-refractivity contribution in [3.05, 3.63) is 17.7 Å². The van der Waals surface area contributed by atoms with Gasteiger partial charge in [0.25, 0.3) is 0 Å². The van der Waals surface area contributed by atoms with E-state index in [0.717, 1.165) is 18.3 Å². The zero-order chi connectivity index (χ0) is 21.8. The lowest BCUT2D eigenvalue weighted by Crippen LogP contribution is -2.42. The molecule has 1 saturated carbocycles. The number of hydrogen-bond acceptors (Lipinski definition) is 6. The van der Waals surface area contributed by atoms with Crippen LogP contribution in [0.1, 0.15) is 61.7 Å². The van der Waals surface area contributed by atoms with E-state index in [2.05, 4.69) is 4.90 Å². The van der Waals surface area contributed by atoms with Crippen LogP contribution in [0.25, 0.3) is 0 Å². The molecule has 31 heavy (non-hydrogen) atoms. The molecule has 3 atom stereocenters. The molecule has 6 nitrogen and oxygen atoms in total. The van der Waals surface area contributed by atoms with Crippen molar-refractivity contribution in [2.45, 2.75) is 57.4 Å². The van der Waals surface area contributed by atoms with Crippen LogP contribution in [-0.4, -0.2) is 57.9 Å². The molecular formula is C25H37NO5. The fourth-order valence-corrected chi connectivity index (χ4v) is 6.07. The SMILES string of the molecule is COc1cc(C(=O)OC[C@H]2CCCN3C[C@@H](C4CCCCC4)C[C@H]23)cc(OC)c1OC. The van der Waals surface area contributed by atoms with Crippen LogP contribution in [-0.2, 0) is 4.74 Å². The molecule has 0 radical (unpaired) electrons. The Morgan fingerprint density at radius 3 is 2.29 bits per heavy atom. The summed E-state index contributed by atoms with van der Waals surface area (Å²) in [7, 11) is 4.65. The number of rotatable bonds is 7. The Hall–Kier alpha value is -1.95. The lowest BCUT2D eigenvalue weighted by molar-refractivity contribution is 0.0270. The Morgan fingerprint density at radius 2 is 1.65 bits per heavy atom. The maximum atomic E-state index is 12.8. The van der Waals surface area contributed by atoms with Crippen LogP contribution >= 0.6 is 0 Å². The lowest BCUT2D eigenvalue weighted by atomic mass is 9.78. The van der Waals surface area contributed by atoms with Gasteiger partial charge in [-0.05, 0) is 49.8 Å². The van der Waals surface area contributed by atoms with Gasteiger partial charge in [0.1, 0.15) is 0 Å². The smallest absolute Gasteiger partial charge is 0.338 e. The summed E-state index contributed by atoms with van der Waals surface area (Å²) in [5.74, 6) is 3.22. The summed E-state index contributed by atoms with van der Waals surface area (Å²) in [6.07, 6.45) is 10.6. The standard InChI is InChI=1S/C25H37NO5/c1-28-22-13-19(14-23(29-2)24(22)30-3)25(27)31-16-18-10-7-11-26-15-20(12-21(18)26)17-8-5-4-6-9-17/h13-14,17-18,20-21H,4-12,15-16H2,1-3H3/t18-,20+,21-/m1/s1. The zero-order valence-electron chi connectivity index (χ0n) is 19.2. The van der Waals surface area contributed by atoms with Gasteiger partial charge in [0.15, 0.2) is 11.5 Å². The molecule has 6 heteroatoms. The number of benzene rings is 1. The molecule has 172 valence electrons. The number of esters is 1. The molecule has 2 aliphatic heterocycles. The first-order valence-corrected chi connectivity index (χ1v) is 11.9. The average molecular weight is 432 g/mol. The minimum absolute atomic E-state index is 0.335. The summed E-state index contributed by atoms with van der Waals surface area (Å²) >= 11 is 0. The average Bonchev–Trinajstić information content (AvgIpc) is 3.27. The monoisotopic (exact) mass is 431 g/mol. The predicted molar refractivity (Wildman–Crippen MR) is 119 cm³/mol. The van der Waals surface area contributed by atoms with E-state index in [1.165, 1.54) is 58.0 Å². The van der Waals surface area contributed by atoms with Crippen molar-refractivity contribution in [2.24, 2.45) is 17.8 Å². The number of nitrogens with zero attached hydrogens (tertiary/aromatic N) is 1. The zero-order valence-corrected chi connectivity index (χ0v) is 19.2. The van der Waals surface area contributed by atoms with E-state index in [9.17, 15) is 4.79 Å². The van der Waals surface area contributed by atoms with Crippen LogP contribution in [0.5, 0.6) is 17.2 Å². The Labute approximate surface area is 186 Å². The van der Waals surface area contributed by atoms with Gasteiger partial charge >= 0.3 is 5.97 Å². The van der Waals surface area contributed by atoms with Crippen LogP contribution in [0.4, 0.5) is 0 Å². The van der Waals surface area contributed by atoms with Crippen molar-refractivity contribution in [3.8, 4) is 17.2 Å². The highest BCUT2D eigenvalue weighted by Gasteiger charge is 2.42. The van der Waals surface area contributed by atoms with Crippen LogP contribution in [0.3, 0.4) is 0 Å². The topological polar surface area (TPSA) is 57.2 Å². The van der Waals surface area contributed by atoms with Crippen LogP contribution in [0.15, 0.2) is 12.1 Å². The molecule has 0 N–H and O–H groups in total. The van der Waals surface area contributed by atoms with Gasteiger partial charge in [-0.2, -0.15) is 0 Å². The van der Waals surface area contributed by atoms with Crippen LogP contribution < -0.4 is 14.2 Å². The third-order valence-electron chi connectivity index (χ3n) is 7.69. The third kappa shape index (κ3) is 4.79. The molecule has 2 heterocycles. The van der Waals surface area contributed by atoms with Gasteiger partial charge in [0.05, 0.1) is 33.5 Å². The summed E-state index contributed by atoms with van der Waals surface area (Å²) in [6.45, 7) is 2.92. The quantitative estimate of drug-likeness (QED) is 0.591. The fraction of sp³-hybridized carbons (Fsp3) is 0.720. The van der Waals surface area contributed by atoms with E-state index >= 15 is 0 Å². The minimum atomic E-state index is -0.335. The van der Waals surface area contributed by atoms with Crippen molar-refractivity contribution >= 4 is 5.97 Å². The first kappa shape index (κ1) is 22.3. The summed E-state index contributed by atoms with van der Waals surface area (Å²) in [5.41, 5.74) is 0.425. The number of methoxy groups -OCH3 is 3. The van der Waals surface area contributed by atoms with Crippen molar-refractivity contribution in [1.29, 1.82) is 0 Å². The van der Waals surface area contributed by atoms with Crippen molar-refractivity contribution in [2.75, 3.05) is 41.0 Å². The molecule has 3 aliphatic rings. The largest absolute Gasteiger partial charge is 0.493 e. The molecule has 1 aliphatic carbocycles. The summed E-state index contributed by atoms with van der Waals surface area (Å²) in [4.78, 5) is 15.5. The van der Waals surface area contributed by atoms with Crippen LogP contribution in [0.2, 0.25) is 0 Å². The first-order chi connectivity index (χ1) is 15.1. The summed E-state index contributed by atoms with van der Waals surface area (Å²) < 4.78 is 21.9. The number of carbonyl (C=O) groups is 1. The van der Waals surface area contributed by atoms with E-state index in [1.54, 1.807) is 33.5 Å². The number of piperidine rings is 1. The Balaban J connectivity index is 1.39. The Morgan fingerprint density at radius 1 is 0.935 bits per heavy atom. The molecular weight excluding hydrogens is 394 g/mol. The number of ether oxygens (including phenoxy) is 4. The second-order valence-corrected chi connectivity index (χ2v) is 9.37.